The monoisotopic (exact) mass is 320 g/mol. The van der Waals surface area contributed by atoms with Crippen LogP contribution in [-0.4, -0.2) is 18.4 Å². The molecule has 2 amide bonds. The van der Waals surface area contributed by atoms with E-state index in [1.54, 1.807) is 6.07 Å². The summed E-state index contributed by atoms with van der Waals surface area (Å²) in [5, 5.41) is 5.51. The lowest BCUT2D eigenvalue weighted by molar-refractivity contribution is -0.136. The van der Waals surface area contributed by atoms with E-state index in [2.05, 4.69) is 10.6 Å². The molecule has 0 bridgehead atoms. The lowest BCUT2D eigenvalue weighted by atomic mass is 10.1. The second kappa shape index (κ2) is 7.56. The van der Waals surface area contributed by atoms with Crippen molar-refractivity contribution in [3.8, 4) is 0 Å². The highest BCUT2D eigenvalue weighted by molar-refractivity contribution is 6.39. The first kappa shape index (κ1) is 16.0. The van der Waals surface area contributed by atoms with Gasteiger partial charge in [0.1, 0.15) is 5.82 Å². The Morgan fingerprint density at radius 3 is 2.36 bits per heavy atom. The van der Waals surface area contributed by atoms with Gasteiger partial charge >= 0.3 is 11.8 Å². The number of anilines is 1. The highest BCUT2D eigenvalue weighted by Gasteiger charge is 2.13. The molecule has 0 spiro atoms. The standard InChI is InChI=1S/C16H14ClFN2O2/c17-14-4-2-1-3-11(14)9-10-19-15(21)16(22)20-13-7-5-12(18)6-8-13/h1-8H,9-10H2,(H,19,21)(H,20,22). The van der Waals surface area contributed by atoms with E-state index in [9.17, 15) is 14.0 Å². The summed E-state index contributed by atoms with van der Waals surface area (Å²) < 4.78 is 12.7. The van der Waals surface area contributed by atoms with Crippen molar-refractivity contribution in [3.05, 3.63) is 64.9 Å². The number of amides is 2. The molecule has 0 unspecified atom stereocenters. The molecule has 2 aromatic rings. The van der Waals surface area contributed by atoms with Gasteiger partial charge in [-0.2, -0.15) is 0 Å². The normalized spacial score (nSPS) is 10.1. The van der Waals surface area contributed by atoms with Gasteiger partial charge in [0.15, 0.2) is 0 Å². The van der Waals surface area contributed by atoms with Crippen LogP contribution in [0.15, 0.2) is 48.5 Å². The Bertz CT molecular complexity index is 674. The van der Waals surface area contributed by atoms with E-state index >= 15 is 0 Å². The average molecular weight is 321 g/mol. The number of benzene rings is 2. The molecule has 0 aliphatic carbocycles. The van der Waals surface area contributed by atoms with Crippen LogP contribution in [0.25, 0.3) is 0 Å². The summed E-state index contributed by atoms with van der Waals surface area (Å²) in [5.74, 6) is -1.97. The van der Waals surface area contributed by atoms with Crippen molar-refractivity contribution < 1.29 is 14.0 Å². The van der Waals surface area contributed by atoms with Gasteiger partial charge in [-0.05, 0) is 42.3 Å². The summed E-state index contributed by atoms with van der Waals surface area (Å²) in [5.41, 5.74) is 1.25. The maximum atomic E-state index is 12.7. The average Bonchev–Trinajstić information content (AvgIpc) is 2.51. The third-order valence-corrected chi connectivity index (χ3v) is 3.31. The van der Waals surface area contributed by atoms with Gasteiger partial charge < -0.3 is 10.6 Å². The summed E-state index contributed by atoms with van der Waals surface area (Å²) in [4.78, 5) is 23.3. The number of carbonyl (C=O) groups is 2. The van der Waals surface area contributed by atoms with Gasteiger partial charge in [0.2, 0.25) is 0 Å². The third-order valence-electron chi connectivity index (χ3n) is 2.95. The van der Waals surface area contributed by atoms with Crippen LogP contribution < -0.4 is 10.6 Å². The topological polar surface area (TPSA) is 58.2 Å². The molecule has 2 rings (SSSR count). The largest absolute Gasteiger partial charge is 0.347 e. The zero-order valence-corrected chi connectivity index (χ0v) is 12.4. The van der Waals surface area contributed by atoms with Crippen LogP contribution in [-0.2, 0) is 16.0 Å². The molecule has 4 nitrogen and oxygen atoms in total. The van der Waals surface area contributed by atoms with Gasteiger partial charge in [-0.1, -0.05) is 29.8 Å². The Morgan fingerprint density at radius 2 is 1.68 bits per heavy atom. The molecule has 0 saturated heterocycles. The van der Waals surface area contributed by atoms with Crippen molar-refractivity contribution in [2.45, 2.75) is 6.42 Å². The van der Waals surface area contributed by atoms with Crippen molar-refractivity contribution in [3.63, 3.8) is 0 Å². The predicted molar refractivity (Wildman–Crippen MR) is 83.2 cm³/mol. The van der Waals surface area contributed by atoms with Gasteiger partial charge in [-0.15, -0.1) is 0 Å². The fraction of sp³-hybridized carbons (Fsp3) is 0.125. The van der Waals surface area contributed by atoms with Gasteiger partial charge in [0, 0.05) is 17.3 Å². The minimum Gasteiger partial charge on any atom is -0.347 e. The summed E-state index contributed by atoms with van der Waals surface area (Å²) >= 11 is 6.00. The molecule has 0 atom stereocenters. The predicted octanol–water partition coefficient (Wildman–Crippen LogP) is 2.78. The van der Waals surface area contributed by atoms with E-state index in [1.165, 1.54) is 24.3 Å². The van der Waals surface area contributed by atoms with E-state index in [0.717, 1.165) is 5.56 Å². The highest BCUT2D eigenvalue weighted by Crippen LogP contribution is 2.14. The number of halogens is 2. The molecular formula is C16H14ClFN2O2. The number of hydrogen-bond donors (Lipinski definition) is 2. The van der Waals surface area contributed by atoms with Crippen molar-refractivity contribution in [2.24, 2.45) is 0 Å². The van der Waals surface area contributed by atoms with Crippen LogP contribution in [0.2, 0.25) is 5.02 Å². The summed E-state index contributed by atoms with van der Waals surface area (Å²) in [7, 11) is 0. The number of rotatable bonds is 4. The van der Waals surface area contributed by atoms with Crippen molar-refractivity contribution in [2.75, 3.05) is 11.9 Å². The van der Waals surface area contributed by atoms with Gasteiger partial charge in [0.05, 0.1) is 0 Å². The molecule has 0 fully saturated rings. The van der Waals surface area contributed by atoms with Gasteiger partial charge in [-0.3, -0.25) is 9.59 Å². The minimum absolute atomic E-state index is 0.291. The Kier molecular flexibility index (Phi) is 5.49. The van der Waals surface area contributed by atoms with E-state index in [1.807, 2.05) is 18.2 Å². The fourth-order valence-electron chi connectivity index (χ4n) is 1.81. The van der Waals surface area contributed by atoms with E-state index < -0.39 is 17.6 Å². The lowest BCUT2D eigenvalue weighted by Gasteiger charge is -2.07. The zero-order chi connectivity index (χ0) is 15.9. The van der Waals surface area contributed by atoms with Crippen LogP contribution in [0.5, 0.6) is 0 Å². The Hall–Kier alpha value is -2.40. The number of nitrogens with one attached hydrogen (secondary N) is 2. The molecule has 6 heteroatoms. The first-order valence-electron chi connectivity index (χ1n) is 6.64. The summed E-state index contributed by atoms with van der Waals surface area (Å²) in [6.45, 7) is 0.291. The number of carbonyl (C=O) groups excluding carboxylic acids is 2. The van der Waals surface area contributed by atoms with Crippen LogP contribution in [0, 0.1) is 5.82 Å². The second-order valence-electron chi connectivity index (χ2n) is 4.56. The third kappa shape index (κ3) is 4.56. The smallest absolute Gasteiger partial charge is 0.313 e. The quantitative estimate of drug-likeness (QED) is 0.851. The lowest BCUT2D eigenvalue weighted by Crippen LogP contribution is -2.36. The number of hydrogen-bond acceptors (Lipinski definition) is 2. The Morgan fingerprint density at radius 1 is 1.00 bits per heavy atom. The summed E-state index contributed by atoms with van der Waals surface area (Å²) in [6, 6.07) is 12.4. The fourth-order valence-corrected chi connectivity index (χ4v) is 2.04. The molecular weight excluding hydrogens is 307 g/mol. The van der Waals surface area contributed by atoms with E-state index in [4.69, 9.17) is 11.6 Å². The zero-order valence-electron chi connectivity index (χ0n) is 11.6. The molecule has 0 aliphatic heterocycles. The Balaban J connectivity index is 1.80. The van der Waals surface area contributed by atoms with Crippen molar-refractivity contribution in [1.82, 2.24) is 5.32 Å². The maximum absolute atomic E-state index is 12.7. The van der Waals surface area contributed by atoms with Crippen molar-refractivity contribution >= 4 is 29.1 Å². The first-order valence-corrected chi connectivity index (χ1v) is 7.02. The molecule has 114 valence electrons. The maximum Gasteiger partial charge on any atom is 0.313 e. The van der Waals surface area contributed by atoms with Crippen LogP contribution in [0.1, 0.15) is 5.56 Å². The molecule has 0 aliphatic rings. The van der Waals surface area contributed by atoms with E-state index in [-0.39, 0.29) is 0 Å². The SMILES string of the molecule is O=C(NCCc1ccccc1Cl)C(=O)Nc1ccc(F)cc1. The van der Waals surface area contributed by atoms with Crippen LogP contribution >= 0.6 is 11.6 Å². The highest BCUT2D eigenvalue weighted by atomic mass is 35.5. The van der Waals surface area contributed by atoms with E-state index in [0.29, 0.717) is 23.7 Å². The molecule has 0 saturated carbocycles. The molecule has 0 heterocycles. The van der Waals surface area contributed by atoms with Gasteiger partial charge in [-0.25, -0.2) is 4.39 Å². The molecule has 0 aromatic heterocycles. The van der Waals surface area contributed by atoms with Crippen LogP contribution in [0.3, 0.4) is 0 Å². The first-order chi connectivity index (χ1) is 10.6. The second-order valence-corrected chi connectivity index (χ2v) is 4.97. The molecule has 22 heavy (non-hydrogen) atoms. The molecule has 2 N–H and O–H groups in total. The minimum atomic E-state index is -0.800. The van der Waals surface area contributed by atoms with Gasteiger partial charge in [0.25, 0.3) is 0 Å². The summed E-state index contributed by atoms with van der Waals surface area (Å²) in [6.07, 6.45) is 0.523. The Labute approximate surface area is 132 Å². The molecule has 2 aromatic carbocycles. The van der Waals surface area contributed by atoms with Crippen LogP contribution in [0.4, 0.5) is 10.1 Å². The molecule has 0 radical (unpaired) electrons. The van der Waals surface area contributed by atoms with Crippen molar-refractivity contribution in [1.29, 1.82) is 0 Å².